The number of ether oxygens (including phenoxy) is 1. The van der Waals surface area contributed by atoms with Gasteiger partial charge in [-0.1, -0.05) is 0 Å². The van der Waals surface area contributed by atoms with Crippen molar-refractivity contribution in [2.45, 2.75) is 25.0 Å². The highest BCUT2D eigenvalue weighted by Crippen LogP contribution is 2.21. The summed E-state index contributed by atoms with van der Waals surface area (Å²) in [5, 5.41) is 11.7. The zero-order valence-corrected chi connectivity index (χ0v) is 6.34. The lowest BCUT2D eigenvalue weighted by atomic mass is 9.89. The molecular formula is C7H15NO2. The van der Waals surface area contributed by atoms with E-state index in [1.807, 2.05) is 0 Å². The molecular weight excluding hydrogens is 130 g/mol. The standard InChI is InChI=1S/C7H15NO2/c1-10-7-4-6(5-7)8-2-3-9/h6-9H,2-5H2,1H3. The first-order chi connectivity index (χ1) is 4.86. The van der Waals surface area contributed by atoms with Crippen LogP contribution in [0.1, 0.15) is 12.8 Å². The maximum atomic E-state index is 8.46. The van der Waals surface area contributed by atoms with E-state index in [0.29, 0.717) is 18.7 Å². The smallest absolute Gasteiger partial charge is 0.0601 e. The van der Waals surface area contributed by atoms with Gasteiger partial charge in [0.2, 0.25) is 0 Å². The van der Waals surface area contributed by atoms with Crippen molar-refractivity contribution in [3.63, 3.8) is 0 Å². The van der Waals surface area contributed by atoms with Crippen molar-refractivity contribution in [1.82, 2.24) is 5.32 Å². The molecule has 1 aliphatic carbocycles. The van der Waals surface area contributed by atoms with Crippen LogP contribution in [0, 0.1) is 0 Å². The fraction of sp³-hybridized carbons (Fsp3) is 1.00. The van der Waals surface area contributed by atoms with Crippen LogP contribution in [0.2, 0.25) is 0 Å². The van der Waals surface area contributed by atoms with Gasteiger partial charge in [0, 0.05) is 19.7 Å². The van der Waals surface area contributed by atoms with Crippen LogP contribution in [0.25, 0.3) is 0 Å². The van der Waals surface area contributed by atoms with E-state index in [0.717, 1.165) is 12.8 Å². The van der Waals surface area contributed by atoms with Gasteiger partial charge in [-0.15, -0.1) is 0 Å². The molecule has 0 atom stereocenters. The first-order valence-corrected chi connectivity index (χ1v) is 3.74. The summed E-state index contributed by atoms with van der Waals surface area (Å²) < 4.78 is 5.09. The molecule has 0 unspecified atom stereocenters. The lowest BCUT2D eigenvalue weighted by Crippen LogP contribution is -2.45. The molecule has 0 amide bonds. The van der Waals surface area contributed by atoms with Crippen molar-refractivity contribution in [3.05, 3.63) is 0 Å². The molecule has 0 aromatic rings. The van der Waals surface area contributed by atoms with Gasteiger partial charge in [-0.05, 0) is 12.8 Å². The first-order valence-electron chi connectivity index (χ1n) is 3.74. The molecule has 60 valence electrons. The molecule has 0 bridgehead atoms. The summed E-state index contributed by atoms with van der Waals surface area (Å²) in [6.45, 7) is 0.940. The van der Waals surface area contributed by atoms with Crippen LogP contribution >= 0.6 is 0 Å². The van der Waals surface area contributed by atoms with Gasteiger partial charge in [-0.2, -0.15) is 0 Å². The summed E-state index contributed by atoms with van der Waals surface area (Å²) in [6, 6.07) is 0.581. The molecule has 1 fully saturated rings. The zero-order valence-electron chi connectivity index (χ0n) is 6.34. The number of nitrogens with one attached hydrogen (secondary N) is 1. The van der Waals surface area contributed by atoms with Gasteiger partial charge in [0.05, 0.1) is 12.7 Å². The summed E-state index contributed by atoms with van der Waals surface area (Å²) in [7, 11) is 1.74. The fourth-order valence-electron chi connectivity index (χ4n) is 1.19. The molecule has 1 saturated carbocycles. The Bertz CT molecular complexity index is 88.9. The Morgan fingerprint density at radius 3 is 2.80 bits per heavy atom. The average Bonchev–Trinajstić information content (AvgIpc) is 1.86. The van der Waals surface area contributed by atoms with E-state index in [1.54, 1.807) is 7.11 Å². The van der Waals surface area contributed by atoms with E-state index >= 15 is 0 Å². The van der Waals surface area contributed by atoms with E-state index in [1.165, 1.54) is 0 Å². The Labute approximate surface area is 61.4 Å². The summed E-state index contributed by atoms with van der Waals surface area (Å²) in [6.07, 6.45) is 2.64. The number of rotatable bonds is 4. The normalized spacial score (nSPS) is 31.8. The number of aliphatic hydroxyl groups excluding tert-OH is 1. The van der Waals surface area contributed by atoms with E-state index in [4.69, 9.17) is 9.84 Å². The Balaban J connectivity index is 1.93. The van der Waals surface area contributed by atoms with E-state index in [-0.39, 0.29) is 6.61 Å². The van der Waals surface area contributed by atoms with Crippen molar-refractivity contribution < 1.29 is 9.84 Å². The molecule has 0 saturated heterocycles. The maximum Gasteiger partial charge on any atom is 0.0601 e. The van der Waals surface area contributed by atoms with Gasteiger partial charge < -0.3 is 15.2 Å². The van der Waals surface area contributed by atoms with Crippen molar-refractivity contribution in [1.29, 1.82) is 0 Å². The highest BCUT2D eigenvalue weighted by atomic mass is 16.5. The summed E-state index contributed by atoms with van der Waals surface area (Å²) >= 11 is 0. The number of hydrogen-bond acceptors (Lipinski definition) is 3. The monoisotopic (exact) mass is 145 g/mol. The van der Waals surface area contributed by atoms with E-state index in [2.05, 4.69) is 5.32 Å². The number of hydrogen-bond donors (Lipinski definition) is 2. The summed E-state index contributed by atoms with van der Waals surface area (Å²) in [5.41, 5.74) is 0. The minimum Gasteiger partial charge on any atom is -0.395 e. The predicted octanol–water partition coefficient (Wildman–Crippen LogP) is -0.254. The van der Waals surface area contributed by atoms with Crippen LogP contribution in [-0.4, -0.2) is 37.5 Å². The molecule has 0 heterocycles. The highest BCUT2D eigenvalue weighted by Gasteiger charge is 2.27. The van der Waals surface area contributed by atoms with Crippen LogP contribution in [0.3, 0.4) is 0 Å². The topological polar surface area (TPSA) is 41.5 Å². The Morgan fingerprint density at radius 1 is 1.60 bits per heavy atom. The van der Waals surface area contributed by atoms with Crippen LogP contribution in [0.4, 0.5) is 0 Å². The lowest BCUT2D eigenvalue weighted by Gasteiger charge is -2.34. The predicted molar refractivity (Wildman–Crippen MR) is 38.9 cm³/mol. The molecule has 0 aromatic heterocycles. The average molecular weight is 145 g/mol. The third kappa shape index (κ3) is 1.94. The minimum atomic E-state index is 0.230. The summed E-state index contributed by atoms with van der Waals surface area (Å²) in [5.74, 6) is 0. The van der Waals surface area contributed by atoms with Gasteiger partial charge in [0.1, 0.15) is 0 Å². The second-order valence-electron chi connectivity index (χ2n) is 2.70. The maximum absolute atomic E-state index is 8.46. The first kappa shape index (κ1) is 7.98. The van der Waals surface area contributed by atoms with Gasteiger partial charge in [0.25, 0.3) is 0 Å². The quantitative estimate of drug-likeness (QED) is 0.573. The number of methoxy groups -OCH3 is 1. The molecule has 0 spiro atoms. The third-order valence-corrected chi connectivity index (χ3v) is 1.97. The Morgan fingerprint density at radius 2 is 2.30 bits per heavy atom. The highest BCUT2D eigenvalue weighted by molar-refractivity contribution is 4.85. The van der Waals surface area contributed by atoms with Crippen LogP contribution in [0.5, 0.6) is 0 Å². The molecule has 3 nitrogen and oxygen atoms in total. The van der Waals surface area contributed by atoms with Crippen LogP contribution in [-0.2, 0) is 4.74 Å². The largest absolute Gasteiger partial charge is 0.395 e. The lowest BCUT2D eigenvalue weighted by molar-refractivity contribution is 0.0165. The molecule has 2 N–H and O–H groups in total. The van der Waals surface area contributed by atoms with Crippen molar-refractivity contribution in [3.8, 4) is 0 Å². The van der Waals surface area contributed by atoms with Crippen molar-refractivity contribution in [2.75, 3.05) is 20.3 Å². The van der Waals surface area contributed by atoms with Gasteiger partial charge in [-0.3, -0.25) is 0 Å². The molecule has 1 rings (SSSR count). The van der Waals surface area contributed by atoms with Crippen LogP contribution < -0.4 is 5.32 Å². The van der Waals surface area contributed by atoms with E-state index in [9.17, 15) is 0 Å². The molecule has 0 aliphatic heterocycles. The van der Waals surface area contributed by atoms with Gasteiger partial charge in [-0.25, -0.2) is 0 Å². The molecule has 1 aliphatic rings. The number of aliphatic hydroxyl groups is 1. The van der Waals surface area contributed by atoms with Crippen molar-refractivity contribution in [2.24, 2.45) is 0 Å². The van der Waals surface area contributed by atoms with Crippen LogP contribution in [0.15, 0.2) is 0 Å². The molecule has 0 aromatic carbocycles. The molecule has 0 radical (unpaired) electrons. The van der Waals surface area contributed by atoms with E-state index < -0.39 is 0 Å². The SMILES string of the molecule is COC1CC(NCCO)C1. The zero-order chi connectivity index (χ0) is 7.40. The Hall–Kier alpha value is -0.120. The van der Waals surface area contributed by atoms with Crippen molar-refractivity contribution >= 4 is 0 Å². The second-order valence-corrected chi connectivity index (χ2v) is 2.70. The van der Waals surface area contributed by atoms with Gasteiger partial charge in [0.15, 0.2) is 0 Å². The fourth-order valence-corrected chi connectivity index (χ4v) is 1.19. The third-order valence-electron chi connectivity index (χ3n) is 1.97. The molecule has 10 heavy (non-hydrogen) atoms. The Kier molecular flexibility index (Phi) is 3.12. The van der Waals surface area contributed by atoms with Gasteiger partial charge >= 0.3 is 0 Å². The second kappa shape index (κ2) is 3.91. The molecule has 3 heteroatoms. The summed E-state index contributed by atoms with van der Waals surface area (Å²) in [4.78, 5) is 0. The minimum absolute atomic E-state index is 0.230.